The summed E-state index contributed by atoms with van der Waals surface area (Å²) in [7, 11) is 4.80. The number of nitrogens with one attached hydrogen (secondary N) is 1. The highest BCUT2D eigenvalue weighted by molar-refractivity contribution is 5.94. The monoisotopic (exact) mass is 564 g/mol. The zero-order valence-corrected chi connectivity index (χ0v) is 23.5. The van der Waals surface area contributed by atoms with Crippen molar-refractivity contribution in [1.29, 1.82) is 0 Å². The number of hydrogen-bond donors (Lipinski definition) is 2. The van der Waals surface area contributed by atoms with Gasteiger partial charge in [0.15, 0.2) is 5.75 Å². The van der Waals surface area contributed by atoms with E-state index in [4.69, 9.17) is 14.2 Å². The molecule has 2 aromatic rings. The van der Waals surface area contributed by atoms with Crippen LogP contribution in [-0.2, 0) is 14.4 Å². The van der Waals surface area contributed by atoms with E-state index in [2.05, 4.69) is 15.3 Å². The van der Waals surface area contributed by atoms with Crippen LogP contribution >= 0.6 is 0 Å². The van der Waals surface area contributed by atoms with Gasteiger partial charge in [0.25, 0.3) is 0 Å². The Morgan fingerprint density at radius 3 is 2.71 bits per heavy atom. The summed E-state index contributed by atoms with van der Waals surface area (Å²) < 4.78 is 17.0. The Kier molecular flexibility index (Phi) is 8.14. The van der Waals surface area contributed by atoms with Crippen molar-refractivity contribution in [2.24, 2.45) is 17.8 Å². The number of fused-ring (bicyclic) bond motifs is 2. The highest BCUT2D eigenvalue weighted by Gasteiger charge is 2.61. The highest BCUT2D eigenvalue weighted by atomic mass is 16.5. The summed E-state index contributed by atoms with van der Waals surface area (Å²) >= 11 is 0. The first-order chi connectivity index (χ1) is 19.8. The number of benzene rings is 1. The molecule has 0 bridgehead atoms. The van der Waals surface area contributed by atoms with Crippen LogP contribution in [0.3, 0.4) is 0 Å². The van der Waals surface area contributed by atoms with E-state index in [0.717, 1.165) is 24.8 Å². The molecule has 2 aliphatic carbocycles. The summed E-state index contributed by atoms with van der Waals surface area (Å²) in [6, 6.07) is 7.50. The fraction of sp³-hybridized carbons (Fsp3) is 0.500. The van der Waals surface area contributed by atoms with E-state index < -0.39 is 35.4 Å². The lowest BCUT2D eigenvalue weighted by Crippen LogP contribution is -2.49. The normalized spacial score (nSPS) is 28.9. The van der Waals surface area contributed by atoms with Gasteiger partial charge in [0.05, 0.1) is 32.3 Å². The van der Waals surface area contributed by atoms with Crippen molar-refractivity contribution in [1.82, 2.24) is 20.2 Å². The van der Waals surface area contributed by atoms with Crippen molar-refractivity contribution in [2.75, 3.05) is 27.8 Å². The summed E-state index contributed by atoms with van der Waals surface area (Å²) in [5.74, 6) is -2.26. The van der Waals surface area contributed by atoms with Crippen molar-refractivity contribution in [3.63, 3.8) is 0 Å². The van der Waals surface area contributed by atoms with Crippen molar-refractivity contribution in [3.8, 4) is 28.8 Å². The van der Waals surface area contributed by atoms with Crippen molar-refractivity contribution < 1.29 is 33.7 Å². The number of carboxylic acid groups (broad SMARTS) is 1. The molecule has 0 saturated heterocycles. The van der Waals surface area contributed by atoms with E-state index in [1.54, 1.807) is 19.1 Å². The molecule has 0 radical (unpaired) electrons. The maximum absolute atomic E-state index is 13.6. The minimum atomic E-state index is -1.33. The lowest BCUT2D eigenvalue weighted by molar-refractivity contribution is -0.145. The topological polar surface area (TPSA) is 140 Å². The maximum Gasteiger partial charge on any atom is 0.330 e. The molecule has 41 heavy (non-hydrogen) atoms. The molecule has 11 nitrogen and oxygen atoms in total. The zero-order chi connectivity index (χ0) is 29.1. The maximum atomic E-state index is 13.6. The SMILES string of the molecule is COc1cccc(-c2nc(OC)ncc2O[C@@H]2C[C@H]3C(=O)N[C@@]4(C(=O)O)C[C@@H]4/C=C/CCCCN(C)C(=O)[C@@H]3C2)c1. The molecule has 11 heteroatoms. The number of nitrogens with zero attached hydrogens (tertiary/aromatic N) is 3. The van der Waals surface area contributed by atoms with Gasteiger partial charge in [-0.05, 0) is 50.7 Å². The number of carboxylic acids is 1. The van der Waals surface area contributed by atoms with Crippen LogP contribution in [0.1, 0.15) is 38.5 Å². The fourth-order valence-corrected chi connectivity index (χ4v) is 5.89. The standard InChI is InChI=1S/C30H36N4O7/c1-34-12-7-5-4-6-10-19-16-30(19,28(37)38)33-26(35)22-14-21(15-23(22)27(34)36)41-24-17-31-29(40-3)32-25(24)18-9-8-11-20(13-18)39-2/h6,8-11,13,17,19,21-23H,4-5,7,12,14-16H2,1-3H3,(H,33,35)(H,37,38)/b10-6+/t19-,21+,22+,23+,30-/m0/s1. The van der Waals surface area contributed by atoms with Crippen LogP contribution < -0.4 is 19.5 Å². The molecule has 2 amide bonds. The minimum Gasteiger partial charge on any atom is -0.497 e. The lowest BCUT2D eigenvalue weighted by Gasteiger charge is -2.26. The van der Waals surface area contributed by atoms with E-state index in [1.807, 2.05) is 36.4 Å². The number of hydrogen-bond acceptors (Lipinski definition) is 8. The van der Waals surface area contributed by atoms with Gasteiger partial charge in [-0.3, -0.25) is 9.59 Å². The lowest BCUT2D eigenvalue weighted by atomic mass is 9.93. The second-order valence-electron chi connectivity index (χ2n) is 11.0. The third-order valence-electron chi connectivity index (χ3n) is 8.33. The molecule has 3 aliphatic rings. The first-order valence-electron chi connectivity index (χ1n) is 13.9. The van der Waals surface area contributed by atoms with E-state index in [1.165, 1.54) is 13.3 Å². The molecule has 2 fully saturated rings. The first kappa shape index (κ1) is 28.4. The summed E-state index contributed by atoms with van der Waals surface area (Å²) in [6.45, 7) is 0.581. The Morgan fingerprint density at radius 1 is 1.15 bits per heavy atom. The van der Waals surface area contributed by atoms with Gasteiger partial charge in [-0.2, -0.15) is 9.97 Å². The molecule has 2 N–H and O–H groups in total. The number of carbonyl (C=O) groups excluding carboxylic acids is 2. The number of ether oxygens (including phenoxy) is 3. The average molecular weight is 565 g/mol. The molecule has 0 unspecified atom stereocenters. The van der Waals surface area contributed by atoms with Gasteiger partial charge in [-0.25, -0.2) is 4.79 Å². The van der Waals surface area contributed by atoms with Gasteiger partial charge in [0.1, 0.15) is 23.1 Å². The van der Waals surface area contributed by atoms with Crippen molar-refractivity contribution >= 4 is 17.8 Å². The van der Waals surface area contributed by atoms with Crippen LogP contribution in [0.5, 0.6) is 17.5 Å². The van der Waals surface area contributed by atoms with Crippen molar-refractivity contribution in [3.05, 3.63) is 42.6 Å². The van der Waals surface area contributed by atoms with Crippen LogP contribution in [-0.4, -0.2) is 77.2 Å². The van der Waals surface area contributed by atoms with E-state index >= 15 is 0 Å². The number of aliphatic carboxylic acids is 1. The highest BCUT2D eigenvalue weighted by Crippen LogP contribution is 2.46. The van der Waals surface area contributed by atoms with Gasteiger partial charge in [0.2, 0.25) is 11.8 Å². The molecule has 218 valence electrons. The first-order valence-corrected chi connectivity index (χ1v) is 13.9. The third kappa shape index (κ3) is 5.84. The average Bonchev–Trinajstić information content (AvgIpc) is 3.52. The number of rotatable bonds is 6. The number of amides is 2. The smallest absolute Gasteiger partial charge is 0.330 e. The molecule has 5 atom stereocenters. The molecule has 1 aromatic carbocycles. The van der Waals surface area contributed by atoms with Crippen LogP contribution in [0, 0.1) is 17.8 Å². The molecule has 2 saturated carbocycles. The summed E-state index contributed by atoms with van der Waals surface area (Å²) in [5, 5.41) is 12.8. The molecule has 2 heterocycles. The second kappa shape index (κ2) is 11.8. The molecular formula is C30H36N4O7. The molecule has 5 rings (SSSR count). The number of aromatic nitrogens is 2. The number of allylic oxidation sites excluding steroid dienone is 1. The second-order valence-corrected chi connectivity index (χ2v) is 11.0. The molecule has 0 spiro atoms. The van der Waals surface area contributed by atoms with Crippen LogP contribution in [0.25, 0.3) is 11.3 Å². The molecule has 1 aromatic heterocycles. The van der Waals surface area contributed by atoms with Gasteiger partial charge < -0.3 is 29.5 Å². The predicted octanol–water partition coefficient (Wildman–Crippen LogP) is 3.09. The van der Waals surface area contributed by atoms with E-state index in [0.29, 0.717) is 36.6 Å². The minimum absolute atomic E-state index is 0.139. The Balaban J connectivity index is 1.43. The summed E-state index contributed by atoms with van der Waals surface area (Å²) in [6.07, 6.45) is 8.28. The largest absolute Gasteiger partial charge is 0.497 e. The van der Waals surface area contributed by atoms with Crippen molar-refractivity contribution in [2.45, 2.75) is 50.2 Å². The van der Waals surface area contributed by atoms with E-state index in [9.17, 15) is 19.5 Å². The van der Waals surface area contributed by atoms with E-state index in [-0.39, 0.29) is 24.3 Å². The third-order valence-corrected chi connectivity index (χ3v) is 8.33. The van der Waals surface area contributed by atoms with Crippen LogP contribution in [0.15, 0.2) is 42.6 Å². The van der Waals surface area contributed by atoms with Gasteiger partial charge in [-0.15, -0.1) is 0 Å². The number of methoxy groups -OCH3 is 2. The van der Waals surface area contributed by atoms with Crippen LogP contribution in [0.2, 0.25) is 0 Å². The predicted molar refractivity (Wildman–Crippen MR) is 148 cm³/mol. The summed E-state index contributed by atoms with van der Waals surface area (Å²) in [4.78, 5) is 49.8. The fourth-order valence-electron chi connectivity index (χ4n) is 5.89. The Labute approximate surface area is 238 Å². The van der Waals surface area contributed by atoms with Crippen LogP contribution in [0.4, 0.5) is 0 Å². The van der Waals surface area contributed by atoms with Gasteiger partial charge >= 0.3 is 12.0 Å². The summed E-state index contributed by atoms with van der Waals surface area (Å²) in [5.41, 5.74) is -0.125. The molecule has 1 aliphatic heterocycles. The number of carbonyl (C=O) groups is 3. The quantitative estimate of drug-likeness (QED) is 0.507. The van der Waals surface area contributed by atoms with Gasteiger partial charge in [-0.1, -0.05) is 24.3 Å². The Bertz CT molecular complexity index is 1350. The van der Waals surface area contributed by atoms with Gasteiger partial charge in [0, 0.05) is 25.1 Å². The zero-order valence-electron chi connectivity index (χ0n) is 23.5. The Morgan fingerprint density at radius 2 is 1.95 bits per heavy atom. The Hall–Kier alpha value is -4.15. The molecular weight excluding hydrogens is 528 g/mol.